The lowest BCUT2D eigenvalue weighted by molar-refractivity contribution is -0.127. The Kier molecular flexibility index (Phi) is 13.3. The molecule has 0 aromatic carbocycles. The first-order valence-electron chi connectivity index (χ1n) is 14.2. The van der Waals surface area contributed by atoms with Crippen LogP contribution in [0.5, 0.6) is 0 Å². The minimum atomic E-state index is 0.165. The van der Waals surface area contributed by atoms with Crippen LogP contribution in [0.1, 0.15) is 58.8 Å². The van der Waals surface area contributed by atoms with Crippen LogP contribution in [0.15, 0.2) is 0 Å². The van der Waals surface area contributed by atoms with Crippen molar-refractivity contribution in [2.45, 2.75) is 77.0 Å². The Morgan fingerprint density at radius 2 is 1.66 bits per heavy atom. The van der Waals surface area contributed by atoms with Gasteiger partial charge in [0.2, 0.25) is 5.91 Å². The van der Waals surface area contributed by atoms with Gasteiger partial charge in [0.25, 0.3) is 0 Å². The summed E-state index contributed by atoms with van der Waals surface area (Å²) in [6.45, 7) is 16.0. The molecule has 0 aromatic heterocycles. The number of carbonyl (C=O) groups is 1. The van der Waals surface area contributed by atoms with Crippen LogP contribution in [0.4, 0.5) is 0 Å². The van der Waals surface area contributed by atoms with Gasteiger partial charge in [0.15, 0.2) is 0 Å². The van der Waals surface area contributed by atoms with Crippen molar-refractivity contribution in [1.82, 2.24) is 20.0 Å². The van der Waals surface area contributed by atoms with E-state index in [1.54, 1.807) is 7.11 Å². The second kappa shape index (κ2) is 16.2. The third kappa shape index (κ3) is 11.0. The van der Waals surface area contributed by atoms with Gasteiger partial charge in [-0.15, -0.1) is 0 Å². The summed E-state index contributed by atoms with van der Waals surface area (Å²) in [5.41, 5.74) is 0. The predicted octanol–water partition coefficient (Wildman–Crippen LogP) is 2.22. The summed E-state index contributed by atoms with van der Waals surface area (Å²) in [6, 6.07) is 0.290. The molecule has 1 N–H and O–H groups in total. The molecular formula is C27H52N4O4. The first kappa shape index (κ1) is 28.8. The highest BCUT2D eigenvalue weighted by Crippen LogP contribution is 2.27. The van der Waals surface area contributed by atoms with E-state index in [2.05, 4.69) is 33.9 Å². The highest BCUT2D eigenvalue weighted by Gasteiger charge is 2.34. The van der Waals surface area contributed by atoms with Gasteiger partial charge < -0.3 is 24.4 Å². The molecule has 35 heavy (non-hydrogen) atoms. The molecule has 3 aliphatic rings. The highest BCUT2D eigenvalue weighted by atomic mass is 16.5. The molecule has 3 fully saturated rings. The van der Waals surface area contributed by atoms with Gasteiger partial charge >= 0.3 is 0 Å². The van der Waals surface area contributed by atoms with E-state index in [-0.39, 0.29) is 11.9 Å². The number of carbonyl (C=O) groups excluding carboxylic acids is 1. The van der Waals surface area contributed by atoms with E-state index in [1.165, 1.54) is 19.4 Å². The summed E-state index contributed by atoms with van der Waals surface area (Å²) < 4.78 is 17.1. The molecule has 1 unspecified atom stereocenters. The Balaban J connectivity index is 1.18. The quantitative estimate of drug-likeness (QED) is 0.329. The van der Waals surface area contributed by atoms with Crippen LogP contribution in [-0.2, 0) is 19.0 Å². The Hall–Kier alpha value is -0.770. The van der Waals surface area contributed by atoms with Crippen molar-refractivity contribution < 1.29 is 19.0 Å². The SMILES string of the molecule is CCCOCCCC(C)CN1CCC(OC2CC(NC(=O)CN3CCN(CCOC)CC3)C2)CC1. The molecule has 1 atom stereocenters. The summed E-state index contributed by atoms with van der Waals surface area (Å²) >= 11 is 0. The average molecular weight is 497 g/mol. The number of nitrogens with zero attached hydrogens (tertiary/aromatic N) is 3. The Bertz CT molecular complexity index is 574. The fourth-order valence-electron chi connectivity index (χ4n) is 5.47. The van der Waals surface area contributed by atoms with E-state index >= 15 is 0 Å². The molecule has 2 aliphatic heterocycles. The fourth-order valence-corrected chi connectivity index (χ4v) is 5.47. The van der Waals surface area contributed by atoms with Gasteiger partial charge in [0.1, 0.15) is 0 Å². The normalized spacial score (nSPS) is 25.9. The third-order valence-electron chi connectivity index (χ3n) is 7.73. The predicted molar refractivity (Wildman–Crippen MR) is 140 cm³/mol. The maximum absolute atomic E-state index is 12.5. The number of hydrogen-bond donors (Lipinski definition) is 1. The van der Waals surface area contributed by atoms with Crippen LogP contribution in [0.25, 0.3) is 0 Å². The summed E-state index contributed by atoms with van der Waals surface area (Å²) in [5, 5.41) is 3.22. The zero-order valence-electron chi connectivity index (χ0n) is 22.7. The van der Waals surface area contributed by atoms with Gasteiger partial charge in [-0.25, -0.2) is 0 Å². The molecular weight excluding hydrogens is 444 g/mol. The molecule has 1 saturated carbocycles. The number of rotatable bonds is 16. The standard InChI is InChI=1S/C27H52N4O4/c1-4-16-34-17-5-6-23(2)21-30-9-7-25(8-10-30)35-26-19-24(20-26)28-27(32)22-31-13-11-29(12-14-31)15-18-33-3/h23-26H,4-22H2,1-3H3,(H,28,32). The lowest BCUT2D eigenvalue weighted by atomic mass is 9.88. The van der Waals surface area contributed by atoms with Gasteiger partial charge in [-0.2, -0.15) is 0 Å². The molecule has 1 amide bonds. The Labute approximate surface area is 214 Å². The molecule has 0 aromatic rings. The van der Waals surface area contributed by atoms with Crippen LogP contribution in [-0.4, -0.2) is 125 Å². The molecule has 0 spiro atoms. The first-order chi connectivity index (χ1) is 17.1. The van der Waals surface area contributed by atoms with Gasteiger partial charge in [0, 0.05) is 78.7 Å². The van der Waals surface area contributed by atoms with E-state index in [0.29, 0.717) is 18.8 Å². The van der Waals surface area contributed by atoms with Crippen LogP contribution < -0.4 is 5.32 Å². The highest BCUT2D eigenvalue weighted by molar-refractivity contribution is 5.78. The number of piperidine rings is 1. The first-order valence-corrected chi connectivity index (χ1v) is 14.2. The van der Waals surface area contributed by atoms with Crippen LogP contribution in [0, 0.1) is 5.92 Å². The van der Waals surface area contributed by atoms with E-state index in [9.17, 15) is 4.79 Å². The lowest BCUT2D eigenvalue weighted by Gasteiger charge is -2.41. The van der Waals surface area contributed by atoms with Crippen molar-refractivity contribution in [3.63, 3.8) is 0 Å². The molecule has 2 heterocycles. The van der Waals surface area contributed by atoms with Gasteiger partial charge in [-0.1, -0.05) is 13.8 Å². The van der Waals surface area contributed by atoms with Gasteiger partial charge in [-0.05, 0) is 50.9 Å². The largest absolute Gasteiger partial charge is 0.383 e. The zero-order chi connectivity index (χ0) is 24.9. The molecule has 8 nitrogen and oxygen atoms in total. The summed E-state index contributed by atoms with van der Waals surface area (Å²) in [7, 11) is 1.75. The number of piperazine rings is 1. The van der Waals surface area contributed by atoms with Gasteiger partial charge in [0.05, 0.1) is 25.4 Å². The minimum absolute atomic E-state index is 0.165. The van der Waals surface area contributed by atoms with Crippen LogP contribution >= 0.6 is 0 Å². The van der Waals surface area contributed by atoms with E-state index in [4.69, 9.17) is 14.2 Å². The van der Waals surface area contributed by atoms with Crippen molar-refractivity contribution in [3.8, 4) is 0 Å². The zero-order valence-corrected chi connectivity index (χ0v) is 22.7. The molecule has 0 bridgehead atoms. The number of nitrogens with one attached hydrogen (secondary N) is 1. The molecule has 204 valence electrons. The van der Waals surface area contributed by atoms with E-state index < -0.39 is 0 Å². The van der Waals surface area contributed by atoms with Crippen molar-refractivity contribution in [2.75, 3.05) is 85.8 Å². The summed E-state index contributed by atoms with van der Waals surface area (Å²) in [6.07, 6.45) is 8.44. The molecule has 1 aliphatic carbocycles. The summed E-state index contributed by atoms with van der Waals surface area (Å²) in [5.74, 6) is 0.895. The second-order valence-electron chi connectivity index (χ2n) is 11.0. The number of hydrogen-bond acceptors (Lipinski definition) is 7. The topological polar surface area (TPSA) is 66.5 Å². The third-order valence-corrected chi connectivity index (χ3v) is 7.73. The van der Waals surface area contributed by atoms with Crippen molar-refractivity contribution in [2.24, 2.45) is 5.92 Å². The second-order valence-corrected chi connectivity index (χ2v) is 11.0. The van der Waals surface area contributed by atoms with Crippen molar-refractivity contribution in [1.29, 1.82) is 0 Å². The number of ether oxygens (including phenoxy) is 3. The van der Waals surface area contributed by atoms with Gasteiger partial charge in [-0.3, -0.25) is 14.6 Å². The fraction of sp³-hybridized carbons (Fsp3) is 0.963. The van der Waals surface area contributed by atoms with Crippen molar-refractivity contribution in [3.05, 3.63) is 0 Å². The smallest absolute Gasteiger partial charge is 0.234 e. The molecule has 3 rings (SSSR count). The maximum Gasteiger partial charge on any atom is 0.234 e. The van der Waals surface area contributed by atoms with Crippen LogP contribution in [0.2, 0.25) is 0 Å². The summed E-state index contributed by atoms with van der Waals surface area (Å²) in [4.78, 5) is 19.7. The average Bonchev–Trinajstić information content (AvgIpc) is 2.83. The molecule has 2 saturated heterocycles. The Morgan fingerprint density at radius 1 is 0.943 bits per heavy atom. The Morgan fingerprint density at radius 3 is 2.34 bits per heavy atom. The van der Waals surface area contributed by atoms with Crippen molar-refractivity contribution >= 4 is 5.91 Å². The molecule has 0 radical (unpaired) electrons. The minimum Gasteiger partial charge on any atom is -0.383 e. The number of amides is 1. The molecule has 8 heteroatoms. The van der Waals surface area contributed by atoms with Crippen LogP contribution in [0.3, 0.4) is 0 Å². The number of likely N-dealkylation sites (tertiary alicyclic amines) is 1. The van der Waals surface area contributed by atoms with E-state index in [0.717, 1.165) is 104 Å². The monoisotopic (exact) mass is 496 g/mol. The maximum atomic E-state index is 12.5. The number of methoxy groups -OCH3 is 1. The van der Waals surface area contributed by atoms with E-state index in [1.807, 2.05) is 0 Å². The lowest BCUT2D eigenvalue weighted by Crippen LogP contribution is -2.54.